The maximum atomic E-state index is 11.6. The zero-order valence-electron chi connectivity index (χ0n) is 24.8. The zero-order chi connectivity index (χ0) is 29.8. The van der Waals surface area contributed by atoms with Crippen LogP contribution in [0.1, 0.15) is 90.0 Å². The van der Waals surface area contributed by atoms with Gasteiger partial charge in [0.05, 0.1) is 33.2 Å². The highest BCUT2D eigenvalue weighted by Crippen LogP contribution is 2.33. The molecule has 0 bridgehead atoms. The second-order valence-electron chi connectivity index (χ2n) is 13.6. The lowest BCUT2D eigenvalue weighted by Crippen LogP contribution is -2.37. The Morgan fingerprint density at radius 3 is 1.24 bits per heavy atom. The Labute approximate surface area is 221 Å². The molecule has 0 saturated carbocycles. The number of ketones is 2. The van der Waals surface area contributed by atoms with Crippen molar-refractivity contribution < 1.29 is 38.6 Å². The van der Waals surface area contributed by atoms with E-state index in [0.717, 1.165) is 0 Å². The van der Waals surface area contributed by atoms with Crippen molar-refractivity contribution in [2.24, 2.45) is 27.1 Å². The second kappa shape index (κ2) is 11.8. The van der Waals surface area contributed by atoms with Crippen LogP contribution in [0.15, 0.2) is 24.3 Å². The molecule has 0 unspecified atom stereocenters. The highest BCUT2D eigenvalue weighted by Gasteiger charge is 2.42. The Morgan fingerprint density at radius 1 is 0.676 bits per heavy atom. The summed E-state index contributed by atoms with van der Waals surface area (Å²) in [6, 6.07) is 0. The molecule has 0 aromatic carbocycles. The second-order valence-corrected chi connectivity index (χ2v) is 13.6. The number of esters is 3. The van der Waals surface area contributed by atoms with Crippen LogP contribution in [0.2, 0.25) is 0 Å². The number of rotatable bonds is 1. The summed E-state index contributed by atoms with van der Waals surface area (Å²) >= 11 is 0. The molecule has 0 saturated heterocycles. The maximum absolute atomic E-state index is 11.6. The smallest absolute Gasteiger partial charge is 0.318 e. The van der Waals surface area contributed by atoms with Crippen molar-refractivity contribution in [1.29, 1.82) is 0 Å². The van der Waals surface area contributed by atoms with Gasteiger partial charge in [0.2, 0.25) is 0 Å². The maximum Gasteiger partial charge on any atom is 0.318 e. The monoisotopic (exact) mass is 522 g/mol. The van der Waals surface area contributed by atoms with Gasteiger partial charge in [0.1, 0.15) is 6.10 Å². The molecule has 0 aromatic rings. The molecule has 8 nitrogen and oxygen atoms in total. The first-order chi connectivity index (χ1) is 16.3. The lowest BCUT2D eigenvalue weighted by molar-refractivity contribution is -0.171. The van der Waals surface area contributed by atoms with Crippen LogP contribution in [0.25, 0.3) is 0 Å². The van der Waals surface area contributed by atoms with E-state index in [1.807, 2.05) is 0 Å². The number of carbonyl (C=O) groups is 5. The fourth-order valence-electron chi connectivity index (χ4n) is 2.42. The normalized spacial score (nSPS) is 21.9. The number of hydrogen-bond acceptors (Lipinski definition) is 8. The molecule has 8 heteroatoms. The summed E-state index contributed by atoms with van der Waals surface area (Å²) in [5.74, 6) is -1.22. The zero-order valence-corrected chi connectivity index (χ0v) is 24.8. The Kier molecular flexibility index (Phi) is 11.0. The van der Waals surface area contributed by atoms with Gasteiger partial charge in [-0.2, -0.15) is 0 Å². The van der Waals surface area contributed by atoms with E-state index in [2.05, 4.69) is 0 Å². The Hall–Kier alpha value is -2.61. The fourth-order valence-corrected chi connectivity index (χ4v) is 2.42. The van der Waals surface area contributed by atoms with Crippen LogP contribution < -0.4 is 0 Å². The topological polar surface area (TPSA) is 124 Å². The lowest BCUT2D eigenvalue weighted by atomic mass is 9.87. The van der Waals surface area contributed by atoms with Crippen molar-refractivity contribution in [3.05, 3.63) is 24.3 Å². The molecule has 37 heavy (non-hydrogen) atoms. The summed E-state index contributed by atoms with van der Waals surface area (Å²) in [6.07, 6.45) is 5.08. The van der Waals surface area contributed by atoms with E-state index in [1.165, 1.54) is 18.2 Å². The number of allylic oxidation sites excluding steroid dienone is 2. The van der Waals surface area contributed by atoms with Gasteiger partial charge in [-0.15, -0.1) is 0 Å². The van der Waals surface area contributed by atoms with Gasteiger partial charge in [-0.1, -0.05) is 6.08 Å². The molecule has 0 aromatic heterocycles. The number of hydrogen-bond donors (Lipinski definition) is 1. The van der Waals surface area contributed by atoms with E-state index >= 15 is 0 Å². The summed E-state index contributed by atoms with van der Waals surface area (Å²) in [7, 11) is 0. The minimum absolute atomic E-state index is 0.00853. The number of aliphatic hydroxyl groups is 1. The largest absolute Gasteiger partial charge is 0.457 e. The predicted octanol–water partition coefficient (Wildman–Crippen LogP) is 4.77. The Morgan fingerprint density at radius 2 is 1.03 bits per heavy atom. The van der Waals surface area contributed by atoms with E-state index in [4.69, 9.17) is 14.6 Å². The molecular weight excluding hydrogens is 476 g/mol. The van der Waals surface area contributed by atoms with Crippen LogP contribution in [0.3, 0.4) is 0 Å². The minimum Gasteiger partial charge on any atom is -0.457 e. The van der Waals surface area contributed by atoms with Gasteiger partial charge in [-0.25, -0.2) is 0 Å². The molecule has 2 atom stereocenters. The van der Waals surface area contributed by atoms with Crippen LogP contribution in [-0.2, 0) is 33.4 Å². The fraction of sp³-hybridized carbons (Fsp3) is 0.690. The summed E-state index contributed by atoms with van der Waals surface area (Å²) in [5.41, 5.74) is -2.99. The molecule has 0 spiro atoms. The minimum atomic E-state index is -0.624. The molecule has 210 valence electrons. The van der Waals surface area contributed by atoms with Gasteiger partial charge in [0, 0.05) is 0 Å². The Balaban J connectivity index is 0.000000541. The van der Waals surface area contributed by atoms with Gasteiger partial charge in [0.25, 0.3) is 0 Å². The van der Waals surface area contributed by atoms with Crippen molar-refractivity contribution in [2.45, 2.75) is 102 Å². The van der Waals surface area contributed by atoms with Crippen LogP contribution in [-0.4, -0.2) is 46.8 Å². The summed E-state index contributed by atoms with van der Waals surface area (Å²) < 4.78 is 10.0. The van der Waals surface area contributed by atoms with E-state index in [-0.39, 0.29) is 17.5 Å². The Bertz CT molecular complexity index is 920. The third-order valence-electron chi connectivity index (χ3n) is 5.83. The summed E-state index contributed by atoms with van der Waals surface area (Å²) in [4.78, 5) is 56.5. The van der Waals surface area contributed by atoms with Crippen molar-refractivity contribution >= 4 is 29.5 Å². The molecule has 2 rings (SSSR count). The molecule has 0 amide bonds. The molecule has 2 aliphatic rings. The van der Waals surface area contributed by atoms with Gasteiger partial charge in [-0.05, 0) is 108 Å². The van der Waals surface area contributed by atoms with E-state index in [9.17, 15) is 24.0 Å². The van der Waals surface area contributed by atoms with Gasteiger partial charge < -0.3 is 14.6 Å². The van der Waals surface area contributed by atoms with E-state index in [0.29, 0.717) is 0 Å². The molecular formula is C29H46O8. The molecule has 0 heterocycles. The van der Waals surface area contributed by atoms with Crippen LogP contribution in [0, 0.1) is 27.1 Å². The summed E-state index contributed by atoms with van der Waals surface area (Å²) in [6.45, 7) is 22.7. The van der Waals surface area contributed by atoms with Gasteiger partial charge >= 0.3 is 17.9 Å². The molecule has 1 N–H and O–H groups in total. The third-order valence-corrected chi connectivity index (χ3v) is 5.83. The SMILES string of the molecule is CC(C)(C)C(=O)OC(=O)C(C)(C)C.CC(C)(C)C(=O)O[C@H]1C=CC(=O)C1(C)C.CC1(C)C(=O)C=C[C@@H]1O. The average molecular weight is 523 g/mol. The summed E-state index contributed by atoms with van der Waals surface area (Å²) in [5, 5.41) is 9.12. The van der Waals surface area contributed by atoms with E-state index < -0.39 is 51.2 Å². The van der Waals surface area contributed by atoms with Crippen molar-refractivity contribution in [3.8, 4) is 0 Å². The molecule has 0 radical (unpaired) electrons. The molecule has 0 fully saturated rings. The first-order valence-corrected chi connectivity index (χ1v) is 12.4. The number of carbonyl (C=O) groups excluding carboxylic acids is 5. The van der Waals surface area contributed by atoms with Gasteiger partial charge in [-0.3, -0.25) is 24.0 Å². The number of aliphatic hydroxyl groups excluding tert-OH is 1. The molecule has 2 aliphatic carbocycles. The number of ether oxygens (including phenoxy) is 2. The average Bonchev–Trinajstić information content (AvgIpc) is 3.09. The quantitative estimate of drug-likeness (QED) is 0.386. The predicted molar refractivity (Wildman–Crippen MR) is 141 cm³/mol. The van der Waals surface area contributed by atoms with E-state index in [1.54, 1.807) is 96.1 Å². The van der Waals surface area contributed by atoms with Gasteiger partial charge in [0.15, 0.2) is 11.6 Å². The van der Waals surface area contributed by atoms with Crippen molar-refractivity contribution in [1.82, 2.24) is 0 Å². The highest BCUT2D eigenvalue weighted by molar-refractivity contribution is 5.98. The van der Waals surface area contributed by atoms with Crippen LogP contribution in [0.4, 0.5) is 0 Å². The van der Waals surface area contributed by atoms with Crippen molar-refractivity contribution in [3.63, 3.8) is 0 Å². The lowest BCUT2D eigenvalue weighted by Gasteiger charge is -2.28. The standard InChI is InChI=1S/C12H18O3.C10H18O3.C7H10O2/c1-11(2,3)10(14)15-9-7-6-8(13)12(9,4)5;1-9(2,3)7(11)13-8(12)10(4,5)6;1-7(2)5(8)3-4-6(7)9/h6-7,9H,1-5H3;1-6H3;3-5,8H,1-2H3/t9-;;5-/m0.0/s1. The third kappa shape index (κ3) is 9.99. The van der Waals surface area contributed by atoms with Crippen LogP contribution in [0.5, 0.6) is 0 Å². The van der Waals surface area contributed by atoms with Crippen molar-refractivity contribution in [2.75, 3.05) is 0 Å². The highest BCUT2D eigenvalue weighted by atomic mass is 16.6. The first-order valence-electron chi connectivity index (χ1n) is 12.4. The van der Waals surface area contributed by atoms with Crippen LogP contribution >= 0.6 is 0 Å². The first kappa shape index (κ1) is 34.4. The molecule has 0 aliphatic heterocycles.